The van der Waals surface area contributed by atoms with Crippen LogP contribution in [0.1, 0.15) is 12.5 Å². The first kappa shape index (κ1) is 17.8. The summed E-state index contributed by atoms with van der Waals surface area (Å²) in [6.07, 6.45) is 0. The number of rotatable bonds is 8. The van der Waals surface area contributed by atoms with Crippen LogP contribution in [-0.2, 0) is 9.53 Å². The lowest BCUT2D eigenvalue weighted by Gasteiger charge is -2.14. The predicted molar refractivity (Wildman–Crippen MR) is 84.3 cm³/mol. The maximum Gasteiger partial charge on any atom is 0.319 e. The van der Waals surface area contributed by atoms with Gasteiger partial charge in [-0.1, -0.05) is 6.07 Å². The molecule has 0 unspecified atom stereocenters. The number of methoxy groups -OCH3 is 1. The summed E-state index contributed by atoms with van der Waals surface area (Å²) < 4.78 is 10.5. The summed E-state index contributed by atoms with van der Waals surface area (Å²) in [5, 5.41) is 7.97. The van der Waals surface area contributed by atoms with Crippen LogP contribution in [0.4, 0.5) is 10.5 Å². The highest BCUT2D eigenvalue weighted by Gasteiger charge is 2.08. The Labute approximate surface area is 130 Å². The van der Waals surface area contributed by atoms with Gasteiger partial charge in [0.05, 0.1) is 12.3 Å². The van der Waals surface area contributed by atoms with E-state index in [9.17, 15) is 9.59 Å². The Morgan fingerprint density at radius 1 is 1.14 bits per heavy atom. The number of anilines is 1. The van der Waals surface area contributed by atoms with E-state index >= 15 is 0 Å². The van der Waals surface area contributed by atoms with E-state index in [0.717, 1.165) is 5.56 Å². The third-order valence-electron chi connectivity index (χ3n) is 2.71. The lowest BCUT2D eigenvalue weighted by Crippen LogP contribution is -2.36. The van der Waals surface area contributed by atoms with Crippen LogP contribution < -0.4 is 20.7 Å². The van der Waals surface area contributed by atoms with E-state index in [4.69, 9.17) is 9.47 Å². The van der Waals surface area contributed by atoms with Gasteiger partial charge in [0.2, 0.25) is 5.91 Å². The predicted octanol–water partition coefficient (Wildman–Crippen LogP) is 1.28. The minimum atomic E-state index is -0.356. The molecule has 22 heavy (non-hydrogen) atoms. The number of aryl methyl sites for hydroxylation is 1. The summed E-state index contributed by atoms with van der Waals surface area (Å²) >= 11 is 0. The summed E-state index contributed by atoms with van der Waals surface area (Å²) in [6.45, 7) is 4.97. The van der Waals surface area contributed by atoms with Gasteiger partial charge in [-0.05, 0) is 24.6 Å². The topological polar surface area (TPSA) is 88.7 Å². The van der Waals surface area contributed by atoms with Gasteiger partial charge >= 0.3 is 6.03 Å². The van der Waals surface area contributed by atoms with Crippen LogP contribution in [0.3, 0.4) is 0 Å². The zero-order valence-electron chi connectivity index (χ0n) is 13.2. The van der Waals surface area contributed by atoms with Crippen LogP contribution in [0.2, 0.25) is 0 Å². The molecule has 0 atom stereocenters. The van der Waals surface area contributed by atoms with Gasteiger partial charge in [-0.2, -0.15) is 0 Å². The molecule has 7 heteroatoms. The third kappa shape index (κ3) is 6.94. The highest BCUT2D eigenvalue weighted by Crippen LogP contribution is 2.25. The molecule has 0 radical (unpaired) electrons. The lowest BCUT2D eigenvalue weighted by atomic mass is 10.2. The number of nitrogens with one attached hydrogen (secondary N) is 3. The molecule has 0 saturated heterocycles. The molecule has 0 fully saturated rings. The Morgan fingerprint density at radius 2 is 1.86 bits per heavy atom. The number of carbonyl (C=O) groups is 2. The van der Waals surface area contributed by atoms with Gasteiger partial charge in [-0.15, -0.1) is 0 Å². The molecule has 0 saturated carbocycles. The van der Waals surface area contributed by atoms with Crippen LogP contribution in [-0.4, -0.2) is 45.4 Å². The number of urea groups is 1. The van der Waals surface area contributed by atoms with Crippen molar-refractivity contribution >= 4 is 17.6 Å². The Kier molecular flexibility index (Phi) is 7.77. The fourth-order valence-corrected chi connectivity index (χ4v) is 1.67. The molecule has 122 valence electrons. The fraction of sp³-hybridized carbons (Fsp3) is 0.467. The van der Waals surface area contributed by atoms with E-state index in [2.05, 4.69) is 16.0 Å². The number of carbonyl (C=O) groups excluding carboxylic acids is 2. The third-order valence-corrected chi connectivity index (χ3v) is 2.71. The molecule has 0 aliphatic carbocycles. The monoisotopic (exact) mass is 309 g/mol. The summed E-state index contributed by atoms with van der Waals surface area (Å²) in [5.74, 6) is 0.462. The Bertz CT molecular complexity index is 506. The summed E-state index contributed by atoms with van der Waals surface area (Å²) in [4.78, 5) is 22.5. The highest BCUT2D eigenvalue weighted by atomic mass is 16.5. The van der Waals surface area contributed by atoms with Gasteiger partial charge in [-0.25, -0.2) is 4.79 Å². The van der Waals surface area contributed by atoms with Crippen LogP contribution in [0.15, 0.2) is 18.2 Å². The molecule has 3 amide bonds. The molecule has 0 aliphatic rings. The van der Waals surface area contributed by atoms with Gasteiger partial charge in [0, 0.05) is 27.1 Å². The zero-order valence-corrected chi connectivity index (χ0v) is 13.2. The number of benzene rings is 1. The van der Waals surface area contributed by atoms with Crippen LogP contribution in [0.25, 0.3) is 0 Å². The van der Waals surface area contributed by atoms with Gasteiger partial charge < -0.3 is 25.4 Å². The van der Waals surface area contributed by atoms with Crippen LogP contribution >= 0.6 is 0 Å². The second-order valence-corrected chi connectivity index (χ2v) is 4.70. The molecule has 3 N–H and O–H groups in total. The molecule has 7 nitrogen and oxygen atoms in total. The van der Waals surface area contributed by atoms with Gasteiger partial charge in [-0.3, -0.25) is 4.79 Å². The van der Waals surface area contributed by atoms with Crippen molar-refractivity contribution in [1.29, 1.82) is 0 Å². The highest BCUT2D eigenvalue weighted by molar-refractivity contribution is 5.91. The van der Waals surface area contributed by atoms with E-state index in [-0.39, 0.29) is 11.9 Å². The number of ether oxygens (including phenoxy) is 2. The standard InChI is InChI=1S/C15H23N3O4/c1-11-4-5-13(14(10-11)22-9-8-21-3)18-15(20)17-7-6-16-12(2)19/h4-5,10H,6-9H2,1-3H3,(H,16,19)(H2,17,18,20). The van der Waals surface area contributed by atoms with Crippen molar-refractivity contribution in [2.24, 2.45) is 0 Å². The van der Waals surface area contributed by atoms with E-state index in [1.807, 2.05) is 19.1 Å². The van der Waals surface area contributed by atoms with Crippen molar-refractivity contribution in [3.8, 4) is 5.75 Å². The summed E-state index contributed by atoms with van der Waals surface area (Å²) in [5.41, 5.74) is 1.61. The Balaban J connectivity index is 2.52. The smallest absolute Gasteiger partial charge is 0.319 e. The average molecular weight is 309 g/mol. The SMILES string of the molecule is COCCOc1cc(C)ccc1NC(=O)NCCNC(C)=O. The Morgan fingerprint density at radius 3 is 2.55 bits per heavy atom. The van der Waals surface area contributed by atoms with Crippen molar-refractivity contribution in [3.63, 3.8) is 0 Å². The number of amides is 3. The van der Waals surface area contributed by atoms with Crippen LogP contribution in [0, 0.1) is 6.92 Å². The molecule has 1 aromatic carbocycles. The lowest BCUT2D eigenvalue weighted by molar-refractivity contribution is -0.118. The van der Waals surface area contributed by atoms with Crippen molar-refractivity contribution < 1.29 is 19.1 Å². The zero-order chi connectivity index (χ0) is 16.4. The first-order chi connectivity index (χ1) is 10.5. The van der Waals surface area contributed by atoms with Gasteiger partial charge in [0.25, 0.3) is 0 Å². The molecule has 1 rings (SSSR count). The largest absolute Gasteiger partial charge is 0.489 e. The molecular weight excluding hydrogens is 286 g/mol. The number of hydrogen-bond acceptors (Lipinski definition) is 4. The van der Waals surface area contributed by atoms with E-state index in [0.29, 0.717) is 37.7 Å². The molecule has 0 aliphatic heterocycles. The maximum absolute atomic E-state index is 11.8. The first-order valence-corrected chi connectivity index (χ1v) is 7.04. The molecule has 0 heterocycles. The van der Waals surface area contributed by atoms with Crippen molar-refractivity contribution in [2.75, 3.05) is 38.7 Å². The van der Waals surface area contributed by atoms with Gasteiger partial charge in [0.1, 0.15) is 12.4 Å². The fourth-order valence-electron chi connectivity index (χ4n) is 1.67. The van der Waals surface area contributed by atoms with E-state index in [1.165, 1.54) is 6.92 Å². The minimum absolute atomic E-state index is 0.130. The number of hydrogen-bond donors (Lipinski definition) is 3. The van der Waals surface area contributed by atoms with Crippen LogP contribution in [0.5, 0.6) is 5.75 Å². The summed E-state index contributed by atoms with van der Waals surface area (Å²) in [6, 6.07) is 5.16. The maximum atomic E-state index is 11.8. The Hall–Kier alpha value is -2.28. The van der Waals surface area contributed by atoms with Crippen molar-refractivity contribution in [1.82, 2.24) is 10.6 Å². The molecule has 0 spiro atoms. The normalized spacial score (nSPS) is 9.95. The van der Waals surface area contributed by atoms with E-state index < -0.39 is 0 Å². The summed E-state index contributed by atoms with van der Waals surface area (Å²) in [7, 11) is 1.60. The molecule has 0 bridgehead atoms. The molecular formula is C15H23N3O4. The molecule has 1 aromatic rings. The average Bonchev–Trinajstić information content (AvgIpc) is 2.46. The molecule has 0 aromatic heterocycles. The second kappa shape index (κ2) is 9.62. The second-order valence-electron chi connectivity index (χ2n) is 4.70. The van der Waals surface area contributed by atoms with E-state index in [1.54, 1.807) is 13.2 Å². The first-order valence-electron chi connectivity index (χ1n) is 7.04. The van der Waals surface area contributed by atoms with Crippen molar-refractivity contribution in [3.05, 3.63) is 23.8 Å². The van der Waals surface area contributed by atoms with Gasteiger partial charge in [0.15, 0.2) is 0 Å². The quantitative estimate of drug-likeness (QED) is 0.631. The minimum Gasteiger partial charge on any atom is -0.489 e. The van der Waals surface area contributed by atoms with Crippen molar-refractivity contribution in [2.45, 2.75) is 13.8 Å².